The third-order valence-corrected chi connectivity index (χ3v) is 3.18. The van der Waals surface area contributed by atoms with Crippen molar-refractivity contribution in [2.75, 3.05) is 0 Å². The third-order valence-electron chi connectivity index (χ3n) is 2.98. The van der Waals surface area contributed by atoms with Gasteiger partial charge in [-0.1, -0.05) is 43.3 Å². The highest BCUT2D eigenvalue weighted by molar-refractivity contribution is 6.68. The van der Waals surface area contributed by atoms with Gasteiger partial charge in [-0.3, -0.25) is 9.59 Å². The molecule has 2 rings (SSSR count). The Morgan fingerprint density at radius 3 is 2.32 bits per heavy atom. The van der Waals surface area contributed by atoms with Gasteiger partial charge < -0.3 is 0 Å². The van der Waals surface area contributed by atoms with Crippen molar-refractivity contribution in [2.45, 2.75) is 13.3 Å². The molecule has 3 heteroatoms. The number of hydrogen-bond donors (Lipinski definition) is 0. The van der Waals surface area contributed by atoms with Crippen LogP contribution in [-0.4, -0.2) is 11.0 Å². The molecule has 0 N–H and O–H groups in total. The Labute approximate surface area is 117 Å². The summed E-state index contributed by atoms with van der Waals surface area (Å²) < 4.78 is 0. The van der Waals surface area contributed by atoms with Gasteiger partial charge in [0.2, 0.25) is 0 Å². The first kappa shape index (κ1) is 13.5. The standard InChI is InChI=1S/C16H13ClO2/c1-2-11-6-5-7-12(10-11)15(18)13-8-3-4-9-14(13)16(17)19/h3-10H,2H2,1H3. The van der Waals surface area contributed by atoms with Crippen LogP contribution >= 0.6 is 11.6 Å². The van der Waals surface area contributed by atoms with Gasteiger partial charge >= 0.3 is 0 Å². The lowest BCUT2D eigenvalue weighted by atomic mass is 9.97. The first-order valence-corrected chi connectivity index (χ1v) is 6.43. The second-order valence-corrected chi connectivity index (χ2v) is 4.55. The van der Waals surface area contributed by atoms with Crippen molar-refractivity contribution in [3.05, 3.63) is 70.8 Å². The lowest BCUT2D eigenvalue weighted by Gasteiger charge is -2.06. The average molecular weight is 273 g/mol. The van der Waals surface area contributed by atoms with E-state index in [2.05, 4.69) is 0 Å². The van der Waals surface area contributed by atoms with Crippen LogP contribution in [0.25, 0.3) is 0 Å². The molecule has 2 aromatic rings. The van der Waals surface area contributed by atoms with E-state index in [-0.39, 0.29) is 11.3 Å². The zero-order valence-electron chi connectivity index (χ0n) is 10.5. The van der Waals surface area contributed by atoms with Crippen molar-refractivity contribution in [1.29, 1.82) is 0 Å². The minimum atomic E-state index is -0.615. The van der Waals surface area contributed by atoms with E-state index >= 15 is 0 Å². The predicted octanol–water partition coefficient (Wildman–Crippen LogP) is 3.86. The van der Waals surface area contributed by atoms with Crippen LogP contribution < -0.4 is 0 Å². The fraction of sp³-hybridized carbons (Fsp3) is 0.125. The topological polar surface area (TPSA) is 34.1 Å². The Hall–Kier alpha value is -1.93. The highest BCUT2D eigenvalue weighted by Gasteiger charge is 2.16. The zero-order valence-corrected chi connectivity index (χ0v) is 11.3. The summed E-state index contributed by atoms with van der Waals surface area (Å²) in [6.07, 6.45) is 0.858. The van der Waals surface area contributed by atoms with Crippen molar-refractivity contribution in [2.24, 2.45) is 0 Å². The number of ketones is 1. The number of aryl methyl sites for hydroxylation is 1. The number of rotatable bonds is 4. The van der Waals surface area contributed by atoms with Crippen LogP contribution in [0.3, 0.4) is 0 Å². The second kappa shape index (κ2) is 5.81. The summed E-state index contributed by atoms with van der Waals surface area (Å²) in [5.41, 5.74) is 2.25. The van der Waals surface area contributed by atoms with Crippen molar-refractivity contribution in [1.82, 2.24) is 0 Å². The van der Waals surface area contributed by atoms with Gasteiger partial charge in [0.05, 0.1) is 0 Å². The molecule has 19 heavy (non-hydrogen) atoms. The molecule has 0 unspecified atom stereocenters. The number of hydrogen-bond acceptors (Lipinski definition) is 2. The normalized spacial score (nSPS) is 10.2. The molecule has 0 atom stereocenters. The van der Waals surface area contributed by atoms with Gasteiger partial charge in [0, 0.05) is 16.7 Å². The monoisotopic (exact) mass is 272 g/mol. The van der Waals surface area contributed by atoms with Crippen LogP contribution in [-0.2, 0) is 6.42 Å². The fourth-order valence-electron chi connectivity index (χ4n) is 1.94. The van der Waals surface area contributed by atoms with Gasteiger partial charge in [-0.2, -0.15) is 0 Å². The van der Waals surface area contributed by atoms with Crippen LogP contribution in [0.4, 0.5) is 0 Å². The number of carbonyl (C=O) groups excluding carboxylic acids is 2. The van der Waals surface area contributed by atoms with Crippen LogP contribution in [0.15, 0.2) is 48.5 Å². The smallest absolute Gasteiger partial charge is 0.253 e. The van der Waals surface area contributed by atoms with Gasteiger partial charge in [-0.15, -0.1) is 0 Å². The summed E-state index contributed by atoms with van der Waals surface area (Å²) >= 11 is 5.51. The van der Waals surface area contributed by atoms with E-state index in [1.807, 2.05) is 25.1 Å². The summed E-state index contributed by atoms with van der Waals surface area (Å²) in [5, 5.41) is -0.615. The first-order valence-electron chi connectivity index (χ1n) is 6.06. The lowest BCUT2D eigenvalue weighted by Crippen LogP contribution is -2.07. The molecule has 0 heterocycles. The first-order chi connectivity index (χ1) is 9.13. The Morgan fingerprint density at radius 1 is 1.00 bits per heavy atom. The molecule has 0 amide bonds. The van der Waals surface area contributed by atoms with E-state index in [9.17, 15) is 9.59 Å². The number of carbonyl (C=O) groups is 2. The Balaban J connectivity index is 2.47. The molecule has 0 saturated heterocycles. The number of benzene rings is 2. The Bertz CT molecular complexity index is 632. The lowest BCUT2D eigenvalue weighted by molar-refractivity contribution is 0.102. The van der Waals surface area contributed by atoms with E-state index in [1.165, 1.54) is 0 Å². The average Bonchev–Trinajstić information content (AvgIpc) is 2.46. The van der Waals surface area contributed by atoms with Gasteiger partial charge in [0.25, 0.3) is 5.24 Å². The van der Waals surface area contributed by atoms with E-state index in [0.29, 0.717) is 11.1 Å². The van der Waals surface area contributed by atoms with Crippen molar-refractivity contribution < 1.29 is 9.59 Å². The zero-order chi connectivity index (χ0) is 13.8. The van der Waals surface area contributed by atoms with Gasteiger partial charge in [-0.05, 0) is 35.7 Å². The van der Waals surface area contributed by atoms with Gasteiger partial charge in [-0.25, -0.2) is 0 Å². The fourth-order valence-corrected chi connectivity index (χ4v) is 2.11. The Kier molecular flexibility index (Phi) is 4.13. The van der Waals surface area contributed by atoms with Crippen LogP contribution in [0.1, 0.15) is 38.8 Å². The molecule has 0 aliphatic rings. The molecular weight excluding hydrogens is 260 g/mol. The quantitative estimate of drug-likeness (QED) is 0.626. The summed E-state index contributed by atoms with van der Waals surface area (Å²) in [6.45, 7) is 2.03. The Morgan fingerprint density at radius 2 is 1.68 bits per heavy atom. The third kappa shape index (κ3) is 2.91. The molecule has 0 bridgehead atoms. The van der Waals surface area contributed by atoms with E-state index < -0.39 is 5.24 Å². The largest absolute Gasteiger partial charge is 0.289 e. The SMILES string of the molecule is CCc1cccc(C(=O)c2ccccc2C(=O)Cl)c1. The minimum absolute atomic E-state index is 0.181. The molecule has 0 aliphatic heterocycles. The van der Waals surface area contributed by atoms with E-state index in [4.69, 9.17) is 11.6 Å². The summed E-state index contributed by atoms with van der Waals surface area (Å²) in [7, 11) is 0. The molecule has 0 aromatic heterocycles. The summed E-state index contributed by atoms with van der Waals surface area (Å²) in [6, 6.07) is 14.0. The molecule has 2 aromatic carbocycles. The van der Waals surface area contributed by atoms with E-state index in [1.54, 1.807) is 30.3 Å². The molecule has 2 nitrogen and oxygen atoms in total. The molecule has 0 aliphatic carbocycles. The van der Waals surface area contributed by atoms with Gasteiger partial charge in [0.1, 0.15) is 0 Å². The molecular formula is C16H13ClO2. The summed E-state index contributed by atoms with van der Waals surface area (Å²) in [4.78, 5) is 23.8. The van der Waals surface area contributed by atoms with Crippen LogP contribution in [0.2, 0.25) is 0 Å². The van der Waals surface area contributed by atoms with Crippen LogP contribution in [0.5, 0.6) is 0 Å². The summed E-state index contributed by atoms with van der Waals surface area (Å²) in [5.74, 6) is -0.181. The van der Waals surface area contributed by atoms with Crippen molar-refractivity contribution >= 4 is 22.6 Å². The van der Waals surface area contributed by atoms with Crippen molar-refractivity contribution in [3.8, 4) is 0 Å². The van der Waals surface area contributed by atoms with Crippen LogP contribution in [0, 0.1) is 0 Å². The maximum Gasteiger partial charge on any atom is 0.253 e. The molecule has 96 valence electrons. The highest BCUT2D eigenvalue weighted by atomic mass is 35.5. The molecule has 0 saturated carbocycles. The van der Waals surface area contributed by atoms with Crippen molar-refractivity contribution in [3.63, 3.8) is 0 Å². The van der Waals surface area contributed by atoms with Gasteiger partial charge in [0.15, 0.2) is 5.78 Å². The second-order valence-electron chi connectivity index (χ2n) is 4.20. The van der Waals surface area contributed by atoms with E-state index in [0.717, 1.165) is 12.0 Å². The predicted molar refractivity (Wildman–Crippen MR) is 75.9 cm³/mol. The molecule has 0 fully saturated rings. The highest BCUT2D eigenvalue weighted by Crippen LogP contribution is 2.17. The maximum atomic E-state index is 12.4. The molecule has 0 spiro atoms. The number of halogens is 1. The molecule has 0 radical (unpaired) electrons. The minimum Gasteiger partial charge on any atom is -0.289 e. The maximum absolute atomic E-state index is 12.4.